The fourth-order valence-corrected chi connectivity index (χ4v) is 4.88. The monoisotopic (exact) mass is 415 g/mol. The van der Waals surface area contributed by atoms with Crippen LogP contribution in [-0.4, -0.2) is 35.4 Å². The lowest BCUT2D eigenvalue weighted by atomic mass is 9.98. The molecule has 0 radical (unpaired) electrons. The number of halogens is 2. The number of thiazole rings is 1. The van der Waals surface area contributed by atoms with E-state index in [-0.39, 0.29) is 24.4 Å². The maximum atomic E-state index is 13.9. The largest absolute Gasteiger partial charge is 0.341 e. The van der Waals surface area contributed by atoms with Gasteiger partial charge in [0.05, 0.1) is 21.8 Å². The van der Waals surface area contributed by atoms with Gasteiger partial charge in [-0.05, 0) is 38.0 Å². The van der Waals surface area contributed by atoms with E-state index in [9.17, 15) is 13.6 Å². The van der Waals surface area contributed by atoms with Gasteiger partial charge in [-0.15, -0.1) is 11.3 Å². The summed E-state index contributed by atoms with van der Waals surface area (Å²) in [6, 6.07) is 11.2. The second-order valence-electron chi connectivity index (χ2n) is 7.47. The van der Waals surface area contributed by atoms with Gasteiger partial charge in [-0.2, -0.15) is 0 Å². The molecule has 2 heterocycles. The molecule has 1 saturated heterocycles. The maximum absolute atomic E-state index is 13.9. The Morgan fingerprint density at radius 2 is 2.14 bits per heavy atom. The first-order valence-corrected chi connectivity index (χ1v) is 10.6. The normalized spacial score (nSPS) is 18.2. The number of piperidine rings is 1. The third-order valence-electron chi connectivity index (χ3n) is 5.42. The number of likely N-dealkylation sites (tertiary alicyclic amines) is 1. The number of rotatable bonds is 5. The molecule has 0 bridgehead atoms. The van der Waals surface area contributed by atoms with Crippen molar-refractivity contribution < 1.29 is 13.6 Å². The summed E-state index contributed by atoms with van der Waals surface area (Å²) in [4.78, 5) is 19.3. The van der Waals surface area contributed by atoms with Crippen molar-refractivity contribution in [2.24, 2.45) is 0 Å². The van der Waals surface area contributed by atoms with Gasteiger partial charge in [0.1, 0.15) is 11.6 Å². The fraction of sp³-hybridized carbons (Fsp3) is 0.364. The number of hydrogen-bond acceptors (Lipinski definition) is 4. The molecule has 1 fully saturated rings. The van der Waals surface area contributed by atoms with Crippen LogP contribution in [0.5, 0.6) is 0 Å². The zero-order chi connectivity index (χ0) is 20.4. The van der Waals surface area contributed by atoms with Crippen LogP contribution < -0.4 is 5.32 Å². The summed E-state index contributed by atoms with van der Waals surface area (Å²) in [7, 11) is 0. The van der Waals surface area contributed by atoms with Gasteiger partial charge in [0.15, 0.2) is 0 Å². The smallest absolute Gasteiger partial charge is 0.236 e. The van der Waals surface area contributed by atoms with Crippen LogP contribution in [0, 0.1) is 11.6 Å². The summed E-state index contributed by atoms with van der Waals surface area (Å²) in [5, 5.41) is 4.15. The molecule has 0 saturated carbocycles. The first-order valence-electron chi connectivity index (χ1n) is 9.83. The van der Waals surface area contributed by atoms with Crippen LogP contribution in [0.3, 0.4) is 0 Å². The number of fused-ring (bicyclic) bond motifs is 1. The zero-order valence-corrected chi connectivity index (χ0v) is 17.0. The number of hydrogen-bond donors (Lipinski definition) is 1. The van der Waals surface area contributed by atoms with E-state index in [0.29, 0.717) is 12.1 Å². The van der Waals surface area contributed by atoms with E-state index >= 15 is 0 Å². The van der Waals surface area contributed by atoms with Crippen LogP contribution in [-0.2, 0) is 4.79 Å². The highest BCUT2D eigenvalue weighted by Crippen LogP contribution is 2.33. The van der Waals surface area contributed by atoms with Crippen molar-refractivity contribution in [1.29, 1.82) is 0 Å². The Balaban J connectivity index is 1.37. The quantitative estimate of drug-likeness (QED) is 0.661. The van der Waals surface area contributed by atoms with E-state index in [1.807, 2.05) is 23.1 Å². The van der Waals surface area contributed by atoms with E-state index < -0.39 is 11.6 Å². The van der Waals surface area contributed by atoms with E-state index in [4.69, 9.17) is 4.98 Å². The lowest BCUT2D eigenvalue weighted by Crippen LogP contribution is -2.43. The molecule has 1 aromatic heterocycles. The van der Waals surface area contributed by atoms with Crippen molar-refractivity contribution in [3.05, 3.63) is 64.7 Å². The highest BCUT2D eigenvalue weighted by molar-refractivity contribution is 7.18. The second-order valence-corrected chi connectivity index (χ2v) is 8.53. The molecular formula is C22H23F2N3OS. The molecule has 1 aliphatic heterocycles. The van der Waals surface area contributed by atoms with Crippen LogP contribution in [0.4, 0.5) is 8.78 Å². The second kappa shape index (κ2) is 8.55. The van der Waals surface area contributed by atoms with Crippen molar-refractivity contribution in [3.63, 3.8) is 0 Å². The van der Waals surface area contributed by atoms with E-state index in [0.717, 1.165) is 36.0 Å². The van der Waals surface area contributed by atoms with Gasteiger partial charge in [0.25, 0.3) is 0 Å². The Bertz CT molecular complexity index is 989. The standard InChI is InChI=1S/C22H23F2N3OS/c1-14(17-9-8-16(23)11-18(17)24)25-12-21(28)27-10-4-5-15(13-27)22-26-19-6-2-3-7-20(19)29-22/h2-3,6-9,11,14-15,25H,4-5,10,12-13H2,1H3/t14-,15+/m1/s1. The zero-order valence-electron chi connectivity index (χ0n) is 16.2. The summed E-state index contributed by atoms with van der Waals surface area (Å²) < 4.78 is 28.2. The summed E-state index contributed by atoms with van der Waals surface area (Å²) in [5.41, 5.74) is 1.36. The predicted molar refractivity (Wildman–Crippen MR) is 111 cm³/mol. The lowest BCUT2D eigenvalue weighted by Gasteiger charge is -2.32. The van der Waals surface area contributed by atoms with Gasteiger partial charge in [-0.25, -0.2) is 13.8 Å². The minimum atomic E-state index is -0.608. The molecule has 1 amide bonds. The molecule has 3 aromatic rings. The Labute approximate surface area is 172 Å². The van der Waals surface area contributed by atoms with Gasteiger partial charge >= 0.3 is 0 Å². The minimum Gasteiger partial charge on any atom is -0.341 e. The Kier molecular flexibility index (Phi) is 5.87. The number of carbonyl (C=O) groups excluding carboxylic acids is 1. The highest BCUT2D eigenvalue weighted by atomic mass is 32.1. The average Bonchev–Trinajstić information content (AvgIpc) is 3.16. The Morgan fingerprint density at radius 1 is 1.31 bits per heavy atom. The SMILES string of the molecule is C[C@@H](NCC(=O)N1CCC[C@H](c2nc3ccccc3s2)C1)c1ccc(F)cc1F. The number of para-hydroxylation sites is 1. The van der Waals surface area contributed by atoms with Gasteiger partial charge in [0.2, 0.25) is 5.91 Å². The van der Waals surface area contributed by atoms with Crippen LogP contribution in [0.15, 0.2) is 42.5 Å². The molecule has 152 valence electrons. The van der Waals surface area contributed by atoms with Gasteiger partial charge < -0.3 is 10.2 Å². The lowest BCUT2D eigenvalue weighted by molar-refractivity contribution is -0.131. The summed E-state index contributed by atoms with van der Waals surface area (Å²) in [6.07, 6.45) is 1.96. The number of benzene rings is 2. The Hall–Kier alpha value is -2.38. The average molecular weight is 416 g/mol. The first-order chi connectivity index (χ1) is 14.0. The van der Waals surface area contributed by atoms with E-state index in [1.54, 1.807) is 18.3 Å². The summed E-state index contributed by atoms with van der Waals surface area (Å²) in [6.45, 7) is 3.26. The molecule has 7 heteroatoms. The van der Waals surface area contributed by atoms with Gasteiger partial charge in [-0.1, -0.05) is 18.2 Å². The van der Waals surface area contributed by atoms with Crippen molar-refractivity contribution in [1.82, 2.24) is 15.2 Å². The first kappa shape index (κ1) is 19.9. The Morgan fingerprint density at radius 3 is 2.93 bits per heavy atom. The van der Waals surface area contributed by atoms with Crippen LogP contribution in [0.1, 0.15) is 42.3 Å². The molecule has 4 nitrogen and oxygen atoms in total. The van der Waals surface area contributed by atoms with Crippen molar-refractivity contribution >= 4 is 27.5 Å². The maximum Gasteiger partial charge on any atom is 0.236 e. The predicted octanol–water partition coefficient (Wildman–Crippen LogP) is 4.63. The topological polar surface area (TPSA) is 45.2 Å². The van der Waals surface area contributed by atoms with Crippen molar-refractivity contribution in [2.45, 2.75) is 31.7 Å². The molecule has 0 aliphatic carbocycles. The van der Waals surface area contributed by atoms with Crippen LogP contribution in [0.25, 0.3) is 10.2 Å². The minimum absolute atomic E-state index is 0.00909. The molecule has 2 aromatic carbocycles. The molecule has 0 unspecified atom stereocenters. The fourth-order valence-electron chi connectivity index (χ4n) is 3.78. The number of carbonyl (C=O) groups is 1. The highest BCUT2D eigenvalue weighted by Gasteiger charge is 2.27. The van der Waals surface area contributed by atoms with E-state index in [2.05, 4.69) is 11.4 Å². The molecule has 2 atom stereocenters. The summed E-state index contributed by atoms with van der Waals surface area (Å²) in [5.74, 6) is -0.975. The summed E-state index contributed by atoms with van der Waals surface area (Å²) >= 11 is 1.70. The molecule has 29 heavy (non-hydrogen) atoms. The molecule has 4 rings (SSSR count). The third kappa shape index (κ3) is 4.46. The number of aromatic nitrogens is 1. The molecule has 1 N–H and O–H groups in total. The molecular weight excluding hydrogens is 392 g/mol. The van der Waals surface area contributed by atoms with Crippen molar-refractivity contribution in [3.8, 4) is 0 Å². The molecule has 1 aliphatic rings. The molecule has 0 spiro atoms. The van der Waals surface area contributed by atoms with E-state index in [1.165, 1.54) is 16.8 Å². The van der Waals surface area contributed by atoms with Crippen molar-refractivity contribution in [2.75, 3.05) is 19.6 Å². The number of amides is 1. The van der Waals surface area contributed by atoms with Crippen LogP contribution >= 0.6 is 11.3 Å². The number of nitrogens with one attached hydrogen (secondary N) is 1. The third-order valence-corrected chi connectivity index (χ3v) is 6.62. The van der Waals surface area contributed by atoms with Crippen LogP contribution in [0.2, 0.25) is 0 Å². The van der Waals surface area contributed by atoms with Gasteiger partial charge in [-0.3, -0.25) is 4.79 Å². The number of nitrogens with zero attached hydrogens (tertiary/aromatic N) is 2. The van der Waals surface area contributed by atoms with Gasteiger partial charge in [0, 0.05) is 36.7 Å².